The number of carboxylic acids is 1. The second-order valence-corrected chi connectivity index (χ2v) is 7.85. The van der Waals surface area contributed by atoms with Crippen molar-refractivity contribution in [2.45, 2.75) is 37.9 Å². The second-order valence-electron chi connectivity index (χ2n) is 7.85. The van der Waals surface area contributed by atoms with Crippen molar-refractivity contribution in [3.8, 4) is 5.75 Å². The molecule has 0 aromatic heterocycles. The molecule has 0 bridgehead atoms. The smallest absolute Gasteiger partial charge is 0.335 e. The number of phenolic OH excluding ortho intramolecular Hbond substituents is 1. The Labute approximate surface area is 166 Å². The lowest BCUT2D eigenvalue weighted by atomic mass is 9.85. The Morgan fingerprint density at radius 2 is 2.00 bits per heavy atom. The maximum Gasteiger partial charge on any atom is 0.335 e. The minimum Gasteiger partial charge on any atom is -0.508 e. The number of carboxylic acid groups (broad SMARTS) is 1. The molecule has 2 aromatic carbocycles. The number of nitrogens with zero attached hydrogens (tertiary/aromatic N) is 1. The Balaban J connectivity index is 2.16. The van der Waals surface area contributed by atoms with E-state index < -0.39 is 5.97 Å². The predicted octanol–water partition coefficient (Wildman–Crippen LogP) is 3.81. The Morgan fingerprint density at radius 3 is 2.64 bits per heavy atom. The van der Waals surface area contributed by atoms with E-state index in [9.17, 15) is 15.0 Å². The van der Waals surface area contributed by atoms with Gasteiger partial charge in [-0.25, -0.2) is 4.79 Å². The first-order valence-corrected chi connectivity index (χ1v) is 9.57. The summed E-state index contributed by atoms with van der Waals surface area (Å²) in [6, 6.07) is 14.4. The standard InChI is InChI=1S/C23H28N2O3/c1-4-11-23(3)15-24-16(2)14-25(23)21(18-8-6-10-20(26)13-18)17-7-5-9-19(12-17)22(27)28/h4-10,12-13,16,21,24,26H,1,11,14-15H2,2-3H3,(H,27,28)/t16-,21-,23+/m1/s1. The van der Waals surface area contributed by atoms with E-state index in [1.165, 1.54) is 0 Å². The van der Waals surface area contributed by atoms with Crippen molar-refractivity contribution in [3.05, 3.63) is 77.9 Å². The quantitative estimate of drug-likeness (QED) is 0.665. The first-order valence-electron chi connectivity index (χ1n) is 9.57. The van der Waals surface area contributed by atoms with E-state index in [4.69, 9.17) is 0 Å². The van der Waals surface area contributed by atoms with Crippen LogP contribution in [-0.4, -0.2) is 45.8 Å². The molecule has 28 heavy (non-hydrogen) atoms. The number of aromatic hydroxyl groups is 1. The van der Waals surface area contributed by atoms with Gasteiger partial charge in [0.2, 0.25) is 0 Å². The molecule has 3 atom stereocenters. The zero-order valence-electron chi connectivity index (χ0n) is 16.4. The fourth-order valence-corrected chi connectivity index (χ4v) is 4.08. The van der Waals surface area contributed by atoms with Crippen LogP contribution in [0.3, 0.4) is 0 Å². The predicted molar refractivity (Wildman–Crippen MR) is 111 cm³/mol. The molecule has 1 fully saturated rings. The van der Waals surface area contributed by atoms with Gasteiger partial charge in [0.1, 0.15) is 5.75 Å². The number of nitrogens with one attached hydrogen (secondary N) is 1. The zero-order chi connectivity index (χ0) is 20.3. The average Bonchev–Trinajstić information content (AvgIpc) is 2.66. The van der Waals surface area contributed by atoms with Crippen molar-refractivity contribution in [1.29, 1.82) is 0 Å². The maximum atomic E-state index is 11.5. The lowest BCUT2D eigenvalue weighted by Crippen LogP contribution is -2.63. The molecule has 5 nitrogen and oxygen atoms in total. The third-order valence-electron chi connectivity index (χ3n) is 5.53. The highest BCUT2D eigenvalue weighted by molar-refractivity contribution is 5.87. The summed E-state index contributed by atoms with van der Waals surface area (Å²) in [7, 11) is 0. The summed E-state index contributed by atoms with van der Waals surface area (Å²) in [6.45, 7) is 9.88. The number of rotatable bonds is 6. The highest BCUT2D eigenvalue weighted by Gasteiger charge is 2.41. The van der Waals surface area contributed by atoms with Crippen LogP contribution in [0.4, 0.5) is 0 Å². The molecule has 0 spiro atoms. The van der Waals surface area contributed by atoms with Crippen LogP contribution in [0.5, 0.6) is 5.75 Å². The molecule has 1 heterocycles. The van der Waals surface area contributed by atoms with Crippen LogP contribution >= 0.6 is 0 Å². The molecule has 2 aromatic rings. The molecule has 5 heteroatoms. The lowest BCUT2D eigenvalue weighted by molar-refractivity contribution is 0.0304. The van der Waals surface area contributed by atoms with Crippen molar-refractivity contribution >= 4 is 5.97 Å². The van der Waals surface area contributed by atoms with Gasteiger partial charge in [-0.1, -0.05) is 30.3 Å². The van der Waals surface area contributed by atoms with Crippen LogP contribution in [0.2, 0.25) is 0 Å². The molecule has 0 radical (unpaired) electrons. The van der Waals surface area contributed by atoms with Crippen LogP contribution in [0.1, 0.15) is 47.8 Å². The number of benzene rings is 2. The molecule has 3 N–H and O–H groups in total. The lowest BCUT2D eigenvalue weighted by Gasteiger charge is -2.51. The monoisotopic (exact) mass is 380 g/mol. The van der Waals surface area contributed by atoms with Crippen LogP contribution in [0, 0.1) is 0 Å². The number of hydrogen-bond acceptors (Lipinski definition) is 4. The van der Waals surface area contributed by atoms with Gasteiger partial charge in [-0.05, 0) is 55.7 Å². The average molecular weight is 380 g/mol. The number of hydrogen-bond donors (Lipinski definition) is 3. The fraction of sp³-hybridized carbons (Fsp3) is 0.348. The second kappa shape index (κ2) is 8.17. The third kappa shape index (κ3) is 4.11. The van der Waals surface area contributed by atoms with E-state index in [0.29, 0.717) is 6.04 Å². The zero-order valence-corrected chi connectivity index (χ0v) is 16.4. The summed E-state index contributed by atoms with van der Waals surface area (Å²) in [6.07, 6.45) is 2.72. The molecule has 0 unspecified atom stereocenters. The summed E-state index contributed by atoms with van der Waals surface area (Å²) in [4.78, 5) is 14.0. The van der Waals surface area contributed by atoms with Crippen LogP contribution in [-0.2, 0) is 0 Å². The van der Waals surface area contributed by atoms with Gasteiger partial charge < -0.3 is 15.5 Å². The van der Waals surface area contributed by atoms with Gasteiger partial charge in [0.25, 0.3) is 0 Å². The fourth-order valence-electron chi connectivity index (χ4n) is 4.08. The number of aromatic carboxylic acids is 1. The largest absolute Gasteiger partial charge is 0.508 e. The van der Waals surface area contributed by atoms with Crippen molar-refractivity contribution < 1.29 is 15.0 Å². The van der Waals surface area contributed by atoms with E-state index in [2.05, 4.69) is 30.6 Å². The molecule has 1 saturated heterocycles. The molecule has 148 valence electrons. The minimum absolute atomic E-state index is 0.180. The van der Waals surface area contributed by atoms with Crippen molar-refractivity contribution in [2.75, 3.05) is 13.1 Å². The summed E-state index contributed by atoms with van der Waals surface area (Å²) in [5, 5.41) is 23.1. The first-order chi connectivity index (χ1) is 13.3. The Bertz CT molecular complexity index is 866. The van der Waals surface area contributed by atoms with E-state index in [1.54, 1.807) is 30.3 Å². The first kappa shape index (κ1) is 20.1. The molecule has 1 aliphatic rings. The molecular weight excluding hydrogens is 352 g/mol. The molecular formula is C23H28N2O3. The third-order valence-corrected chi connectivity index (χ3v) is 5.53. The van der Waals surface area contributed by atoms with Gasteiger partial charge in [0.15, 0.2) is 0 Å². The number of phenols is 1. The normalized spacial score (nSPS) is 23.9. The highest BCUT2D eigenvalue weighted by atomic mass is 16.4. The molecule has 1 aliphatic heterocycles. The van der Waals surface area contributed by atoms with E-state index >= 15 is 0 Å². The Hall–Kier alpha value is -2.63. The van der Waals surface area contributed by atoms with Crippen LogP contribution in [0.25, 0.3) is 0 Å². The molecule has 0 amide bonds. The summed E-state index contributed by atoms with van der Waals surface area (Å²) in [5.41, 5.74) is 1.90. The van der Waals surface area contributed by atoms with Crippen molar-refractivity contribution in [1.82, 2.24) is 10.2 Å². The van der Waals surface area contributed by atoms with Gasteiger partial charge in [-0.15, -0.1) is 6.58 Å². The van der Waals surface area contributed by atoms with Gasteiger partial charge in [0, 0.05) is 24.7 Å². The molecule has 3 rings (SSSR count). The summed E-state index contributed by atoms with van der Waals surface area (Å²) >= 11 is 0. The SMILES string of the molecule is C=CC[C@@]1(C)CN[C@H](C)CN1[C@@H](c1cccc(O)c1)c1cccc(C(=O)O)c1. The van der Waals surface area contributed by atoms with Crippen LogP contribution in [0.15, 0.2) is 61.2 Å². The van der Waals surface area contributed by atoms with Crippen LogP contribution < -0.4 is 5.32 Å². The van der Waals surface area contributed by atoms with E-state index in [1.807, 2.05) is 24.3 Å². The van der Waals surface area contributed by atoms with Crippen molar-refractivity contribution in [3.63, 3.8) is 0 Å². The Morgan fingerprint density at radius 1 is 1.32 bits per heavy atom. The Kier molecular flexibility index (Phi) is 5.87. The molecule has 0 aliphatic carbocycles. The molecule has 0 saturated carbocycles. The van der Waals surface area contributed by atoms with E-state index in [-0.39, 0.29) is 22.9 Å². The van der Waals surface area contributed by atoms with Crippen molar-refractivity contribution in [2.24, 2.45) is 0 Å². The summed E-state index contributed by atoms with van der Waals surface area (Å²) < 4.78 is 0. The highest BCUT2D eigenvalue weighted by Crippen LogP contribution is 2.38. The van der Waals surface area contributed by atoms with Gasteiger partial charge in [-0.2, -0.15) is 0 Å². The van der Waals surface area contributed by atoms with E-state index in [0.717, 1.165) is 30.6 Å². The topological polar surface area (TPSA) is 72.8 Å². The summed E-state index contributed by atoms with van der Waals surface area (Å²) in [5.74, 6) is -0.746. The van der Waals surface area contributed by atoms with Gasteiger partial charge in [0.05, 0.1) is 11.6 Å². The van der Waals surface area contributed by atoms with Gasteiger partial charge >= 0.3 is 5.97 Å². The number of carbonyl (C=O) groups is 1. The van der Waals surface area contributed by atoms with Gasteiger partial charge in [-0.3, -0.25) is 4.90 Å². The maximum absolute atomic E-state index is 11.5. The number of piperazine rings is 1. The minimum atomic E-state index is -0.945.